The summed E-state index contributed by atoms with van der Waals surface area (Å²) in [5, 5.41) is 2.50. The first kappa shape index (κ1) is 15.6. The maximum Gasteiger partial charge on any atom is 0.344 e. The third-order valence-corrected chi connectivity index (χ3v) is 3.61. The van der Waals surface area contributed by atoms with Crippen LogP contribution < -0.4 is 5.32 Å². The van der Waals surface area contributed by atoms with E-state index < -0.39 is 40.5 Å². The van der Waals surface area contributed by atoms with Crippen molar-refractivity contribution in [2.24, 2.45) is 0 Å². The average molecular weight is 305 g/mol. The van der Waals surface area contributed by atoms with E-state index in [1.54, 1.807) is 0 Å². The van der Waals surface area contributed by atoms with Gasteiger partial charge in [0.15, 0.2) is 23.3 Å². The van der Waals surface area contributed by atoms with Crippen molar-refractivity contribution in [3.05, 3.63) is 28.8 Å². The van der Waals surface area contributed by atoms with E-state index in [9.17, 15) is 22.4 Å². The molecule has 0 spiro atoms. The second kappa shape index (κ2) is 6.32. The fourth-order valence-electron chi connectivity index (χ4n) is 2.49. The first-order valence-electron chi connectivity index (χ1n) is 6.68. The Morgan fingerprint density at radius 1 is 1.00 bits per heavy atom. The lowest BCUT2D eigenvalue weighted by Gasteiger charge is -2.24. The predicted octanol–water partition coefficient (Wildman–Crippen LogP) is 3.77. The second-order valence-electron chi connectivity index (χ2n) is 4.98. The van der Waals surface area contributed by atoms with Gasteiger partial charge in [-0.15, -0.1) is 0 Å². The van der Waals surface area contributed by atoms with Crippen molar-refractivity contribution >= 4 is 11.7 Å². The molecule has 1 aliphatic carbocycles. The third kappa shape index (κ3) is 2.96. The smallest absolute Gasteiger partial charge is 0.344 e. The summed E-state index contributed by atoms with van der Waals surface area (Å²) in [6, 6.07) is -0.245. The fraction of sp³-hybridized carbons (Fsp3) is 0.500. The zero-order valence-electron chi connectivity index (χ0n) is 11.4. The molecule has 21 heavy (non-hydrogen) atoms. The van der Waals surface area contributed by atoms with Gasteiger partial charge in [0.1, 0.15) is 11.3 Å². The fourth-order valence-corrected chi connectivity index (χ4v) is 2.49. The molecule has 1 N–H and O–H groups in total. The van der Waals surface area contributed by atoms with E-state index in [2.05, 4.69) is 10.1 Å². The van der Waals surface area contributed by atoms with Crippen LogP contribution in [0.5, 0.6) is 0 Å². The molecule has 0 aromatic heterocycles. The average Bonchev–Trinajstić information content (AvgIpc) is 2.50. The van der Waals surface area contributed by atoms with Crippen molar-refractivity contribution in [2.75, 3.05) is 12.4 Å². The SMILES string of the molecule is COC(=O)c1c(F)c(F)c(NC2CCCCC2)c(F)c1F. The number of hydrogen-bond acceptors (Lipinski definition) is 3. The molecule has 1 fully saturated rings. The van der Waals surface area contributed by atoms with Gasteiger partial charge in [-0.25, -0.2) is 22.4 Å². The Morgan fingerprint density at radius 2 is 1.52 bits per heavy atom. The highest BCUT2D eigenvalue weighted by atomic mass is 19.2. The standard InChI is InChI=1S/C14H15F4NO2/c1-21-14(20)8-9(15)11(17)13(12(18)10(8)16)19-7-5-3-2-4-6-7/h7,19H,2-6H2,1H3. The van der Waals surface area contributed by atoms with E-state index >= 15 is 0 Å². The molecule has 116 valence electrons. The molecule has 0 amide bonds. The van der Waals surface area contributed by atoms with E-state index in [0.717, 1.165) is 26.4 Å². The molecule has 1 aliphatic rings. The Balaban J connectivity index is 2.40. The molecule has 0 unspecified atom stereocenters. The summed E-state index contributed by atoms with van der Waals surface area (Å²) >= 11 is 0. The Morgan fingerprint density at radius 3 is 2.00 bits per heavy atom. The van der Waals surface area contributed by atoms with Gasteiger partial charge >= 0.3 is 5.97 Å². The molecule has 0 bridgehead atoms. The number of carbonyl (C=O) groups excluding carboxylic acids is 1. The van der Waals surface area contributed by atoms with Crippen molar-refractivity contribution in [1.29, 1.82) is 0 Å². The molecular formula is C14H15F4NO2. The van der Waals surface area contributed by atoms with Crippen LogP contribution in [0.4, 0.5) is 23.2 Å². The predicted molar refractivity (Wildman–Crippen MR) is 68.1 cm³/mol. The topological polar surface area (TPSA) is 38.3 Å². The number of benzene rings is 1. The van der Waals surface area contributed by atoms with Crippen molar-refractivity contribution in [1.82, 2.24) is 0 Å². The highest BCUT2D eigenvalue weighted by molar-refractivity contribution is 5.90. The first-order valence-corrected chi connectivity index (χ1v) is 6.68. The summed E-state index contributed by atoms with van der Waals surface area (Å²) in [5.74, 6) is -8.19. The summed E-state index contributed by atoms with van der Waals surface area (Å²) < 4.78 is 59.5. The number of ether oxygens (including phenoxy) is 1. The molecule has 1 saturated carbocycles. The van der Waals surface area contributed by atoms with E-state index in [0.29, 0.717) is 12.8 Å². The van der Waals surface area contributed by atoms with Crippen LogP contribution in [0.15, 0.2) is 0 Å². The molecule has 7 heteroatoms. The number of halogens is 4. The largest absolute Gasteiger partial charge is 0.465 e. The summed E-state index contributed by atoms with van der Waals surface area (Å²) in [5.41, 5.74) is -2.23. The Kier molecular flexibility index (Phi) is 4.69. The lowest BCUT2D eigenvalue weighted by Crippen LogP contribution is -2.25. The van der Waals surface area contributed by atoms with Gasteiger partial charge in [0.2, 0.25) is 0 Å². The first-order chi connectivity index (χ1) is 9.97. The van der Waals surface area contributed by atoms with E-state index in [1.807, 2.05) is 0 Å². The number of hydrogen-bond donors (Lipinski definition) is 1. The van der Waals surface area contributed by atoms with Gasteiger partial charge in [0.05, 0.1) is 7.11 Å². The summed E-state index contributed by atoms with van der Waals surface area (Å²) in [6.45, 7) is 0. The van der Waals surface area contributed by atoms with E-state index in [1.165, 1.54) is 0 Å². The number of nitrogens with one attached hydrogen (secondary N) is 1. The Bertz CT molecular complexity index is 527. The molecule has 3 nitrogen and oxygen atoms in total. The molecule has 1 aromatic rings. The minimum Gasteiger partial charge on any atom is -0.465 e. The summed E-state index contributed by atoms with van der Waals surface area (Å²) in [6.07, 6.45) is 4.12. The molecular weight excluding hydrogens is 290 g/mol. The molecule has 0 atom stereocenters. The van der Waals surface area contributed by atoms with Crippen molar-refractivity contribution in [3.63, 3.8) is 0 Å². The zero-order valence-corrected chi connectivity index (χ0v) is 11.4. The maximum atomic E-state index is 13.9. The number of rotatable bonds is 3. The van der Waals surface area contributed by atoms with Crippen LogP contribution in [-0.2, 0) is 4.74 Å². The molecule has 0 radical (unpaired) electrons. The van der Waals surface area contributed by atoms with Gasteiger partial charge in [0.25, 0.3) is 0 Å². The zero-order chi connectivity index (χ0) is 15.6. The van der Waals surface area contributed by atoms with Crippen LogP contribution in [0.25, 0.3) is 0 Å². The Hall–Kier alpha value is -1.79. The van der Waals surface area contributed by atoms with Gasteiger partial charge in [-0.2, -0.15) is 0 Å². The van der Waals surface area contributed by atoms with Crippen LogP contribution in [0.1, 0.15) is 42.5 Å². The summed E-state index contributed by atoms with van der Waals surface area (Å²) in [7, 11) is 0.866. The number of anilines is 1. The lowest BCUT2D eigenvalue weighted by molar-refractivity contribution is 0.0587. The number of methoxy groups -OCH3 is 1. The van der Waals surface area contributed by atoms with Gasteiger partial charge in [-0.1, -0.05) is 19.3 Å². The molecule has 0 aliphatic heterocycles. The number of carbonyl (C=O) groups is 1. The molecule has 1 aromatic carbocycles. The second-order valence-corrected chi connectivity index (χ2v) is 4.98. The van der Waals surface area contributed by atoms with E-state index in [-0.39, 0.29) is 6.04 Å². The van der Waals surface area contributed by atoms with Crippen LogP contribution in [0, 0.1) is 23.3 Å². The van der Waals surface area contributed by atoms with Gasteiger partial charge in [-0.3, -0.25) is 0 Å². The maximum absolute atomic E-state index is 13.9. The van der Waals surface area contributed by atoms with Crippen LogP contribution in [-0.4, -0.2) is 19.1 Å². The van der Waals surface area contributed by atoms with E-state index in [4.69, 9.17) is 0 Å². The Labute approximate surface area is 119 Å². The van der Waals surface area contributed by atoms with Crippen molar-refractivity contribution in [3.8, 4) is 0 Å². The highest BCUT2D eigenvalue weighted by Gasteiger charge is 2.31. The van der Waals surface area contributed by atoms with Gasteiger partial charge < -0.3 is 10.1 Å². The van der Waals surface area contributed by atoms with Gasteiger partial charge in [0, 0.05) is 6.04 Å². The van der Waals surface area contributed by atoms with Gasteiger partial charge in [-0.05, 0) is 12.8 Å². The molecule has 0 saturated heterocycles. The van der Waals surface area contributed by atoms with Crippen LogP contribution in [0.2, 0.25) is 0 Å². The van der Waals surface area contributed by atoms with Crippen molar-refractivity contribution < 1.29 is 27.1 Å². The lowest BCUT2D eigenvalue weighted by atomic mass is 9.95. The summed E-state index contributed by atoms with van der Waals surface area (Å²) in [4.78, 5) is 11.2. The minimum atomic E-state index is -1.75. The van der Waals surface area contributed by atoms with Crippen LogP contribution >= 0.6 is 0 Å². The van der Waals surface area contributed by atoms with Crippen LogP contribution in [0.3, 0.4) is 0 Å². The minimum absolute atomic E-state index is 0.245. The molecule has 0 heterocycles. The highest BCUT2D eigenvalue weighted by Crippen LogP contribution is 2.31. The number of esters is 1. The molecule has 2 rings (SSSR count). The quantitative estimate of drug-likeness (QED) is 0.525. The van der Waals surface area contributed by atoms with Crippen molar-refractivity contribution in [2.45, 2.75) is 38.1 Å². The third-order valence-electron chi connectivity index (χ3n) is 3.61. The normalized spacial score (nSPS) is 15.9. The monoisotopic (exact) mass is 305 g/mol.